The van der Waals surface area contributed by atoms with Crippen molar-refractivity contribution >= 4 is 77.0 Å². The molecular weight excluding hydrogens is 1160 g/mol. The van der Waals surface area contributed by atoms with Crippen molar-refractivity contribution in [2.75, 3.05) is 39.3 Å². The zero-order valence-electron chi connectivity index (χ0n) is 50.3. The molecule has 29 heteroatoms. The fourth-order valence-electron chi connectivity index (χ4n) is 10.9. The van der Waals surface area contributed by atoms with E-state index in [0.717, 1.165) is 0 Å². The van der Waals surface area contributed by atoms with Crippen molar-refractivity contribution in [2.24, 2.45) is 38.7 Å². The second-order valence-electron chi connectivity index (χ2n) is 22.4. The van der Waals surface area contributed by atoms with E-state index in [1.807, 2.05) is 0 Å². The third-order valence-electron chi connectivity index (χ3n) is 15.6. The molecule has 29 nitrogen and oxygen atoms in total. The van der Waals surface area contributed by atoms with Gasteiger partial charge in [0, 0.05) is 45.6 Å². The van der Waals surface area contributed by atoms with Crippen LogP contribution in [0.3, 0.4) is 0 Å². The Morgan fingerprint density at radius 2 is 1.18 bits per heavy atom. The number of carboxylic acid groups (broad SMARTS) is 1. The van der Waals surface area contributed by atoms with Gasteiger partial charge < -0.3 is 86.1 Å². The number of aliphatic carboxylic acids is 1. The predicted molar refractivity (Wildman–Crippen MR) is 331 cm³/mol. The number of hydrogen-bond acceptors (Lipinski definition) is 14. The summed E-state index contributed by atoms with van der Waals surface area (Å²) in [6.07, 6.45) is 3.02. The largest absolute Gasteiger partial charge is 0.480 e. The van der Waals surface area contributed by atoms with Gasteiger partial charge in [0.1, 0.15) is 48.3 Å². The lowest BCUT2D eigenvalue weighted by molar-refractivity contribution is -0.147. The lowest BCUT2D eigenvalue weighted by atomic mass is 10.0. The second kappa shape index (κ2) is 35.4. The van der Waals surface area contributed by atoms with Crippen LogP contribution in [0.25, 0.3) is 0 Å². The number of amides is 10. The molecule has 3 saturated heterocycles. The summed E-state index contributed by atoms with van der Waals surface area (Å²) in [5.41, 5.74) is 29.0. The van der Waals surface area contributed by atoms with Crippen LogP contribution < -0.4 is 71.2 Å². The molecule has 9 atom stereocenters. The van der Waals surface area contributed by atoms with Crippen molar-refractivity contribution < 1.29 is 57.8 Å². The third-order valence-corrected chi connectivity index (χ3v) is 15.6. The maximum absolute atomic E-state index is 14.8. The standard InChI is InChI=1S/C61H85N17O12/c62-40(23-13-31-68-60(63)64)57(87)78-34-16-27-46(78)58(88)77-33-15-26-45(77)54(84)70-36-48(80)71-44(35-37-17-5-1-6-18-37)53(83)72-42-28-29-47(79)67-30-12-4-11-24-41(51(81)74-43(59(89)90)25-14-32-69-61(65)66)73-55(85)49(38-19-7-2-8-20-38)76-56(86)50(75-52(42)82)39-21-9-3-10-22-39/h1-3,5-10,17-22,40-46,49-50H,4,11-16,23-36,62H2,(H,67,79)(H,70,84)(H,71,80)(H,72,83)(H,73,85)(H,74,81)(H,75,82)(H,76,86)(H,89,90)(H4,63,64,68)(H4,65,66,69)/t40-,41-,42?,43-,44-,45-,46-,49-,50?/m0/s1. The van der Waals surface area contributed by atoms with E-state index in [2.05, 4.69) is 52.5 Å². The first-order valence-electron chi connectivity index (χ1n) is 30.4. The summed E-state index contributed by atoms with van der Waals surface area (Å²) < 4.78 is 0. The van der Waals surface area contributed by atoms with Crippen molar-refractivity contribution in [1.82, 2.24) is 52.3 Å². The zero-order valence-corrected chi connectivity index (χ0v) is 50.3. The molecule has 2 unspecified atom stereocenters. The fraction of sp³-hybridized carbons (Fsp3) is 0.492. The van der Waals surface area contributed by atoms with Gasteiger partial charge in [0.05, 0.1) is 12.6 Å². The monoisotopic (exact) mass is 1250 g/mol. The van der Waals surface area contributed by atoms with E-state index in [0.29, 0.717) is 57.1 Å². The summed E-state index contributed by atoms with van der Waals surface area (Å²) >= 11 is 0. The number of hydrogen-bond donors (Lipinski definition) is 14. The molecule has 0 saturated carbocycles. The van der Waals surface area contributed by atoms with Crippen LogP contribution in [-0.4, -0.2) is 173 Å². The second-order valence-corrected chi connectivity index (χ2v) is 22.4. The van der Waals surface area contributed by atoms with Crippen LogP contribution in [-0.2, 0) is 59.2 Å². The minimum atomic E-state index is -1.56. The molecule has 0 spiro atoms. The number of rotatable bonds is 23. The molecule has 6 rings (SSSR count). The summed E-state index contributed by atoms with van der Waals surface area (Å²) in [5.74, 6) is -8.70. The third kappa shape index (κ3) is 21.6. The van der Waals surface area contributed by atoms with Gasteiger partial charge in [-0.15, -0.1) is 0 Å². The van der Waals surface area contributed by atoms with Gasteiger partial charge in [-0.05, 0) is 87.3 Å². The van der Waals surface area contributed by atoms with Gasteiger partial charge in [-0.3, -0.25) is 57.9 Å². The number of nitrogens with zero attached hydrogens (tertiary/aromatic N) is 4. The Kier molecular flexibility index (Phi) is 27.3. The molecule has 0 aromatic heterocycles. The highest BCUT2D eigenvalue weighted by Crippen LogP contribution is 2.26. The van der Waals surface area contributed by atoms with E-state index < -0.39 is 126 Å². The Morgan fingerprint density at radius 3 is 1.79 bits per heavy atom. The topological polar surface area (TPSA) is 466 Å². The first kappa shape index (κ1) is 69.4. The van der Waals surface area contributed by atoms with Crippen LogP contribution in [0.5, 0.6) is 0 Å². The summed E-state index contributed by atoms with van der Waals surface area (Å²) in [7, 11) is 0. The molecule has 3 aliphatic heterocycles. The predicted octanol–water partition coefficient (Wildman–Crippen LogP) is -2.03. The number of carboxylic acids is 1. The van der Waals surface area contributed by atoms with E-state index in [1.165, 1.54) is 9.80 Å². The van der Waals surface area contributed by atoms with Gasteiger partial charge in [0.2, 0.25) is 59.1 Å². The highest BCUT2D eigenvalue weighted by Gasteiger charge is 2.43. The van der Waals surface area contributed by atoms with Gasteiger partial charge >= 0.3 is 5.97 Å². The van der Waals surface area contributed by atoms with Crippen LogP contribution in [0.2, 0.25) is 0 Å². The molecule has 19 N–H and O–H groups in total. The lowest BCUT2D eigenvalue weighted by Gasteiger charge is -2.32. The van der Waals surface area contributed by atoms with Gasteiger partial charge in [-0.25, -0.2) is 4.79 Å². The number of nitrogens with one attached hydrogen (secondary N) is 8. The minimum Gasteiger partial charge on any atom is -0.480 e. The van der Waals surface area contributed by atoms with E-state index in [4.69, 9.17) is 28.7 Å². The average molecular weight is 1250 g/mol. The van der Waals surface area contributed by atoms with Crippen molar-refractivity contribution in [2.45, 2.75) is 151 Å². The van der Waals surface area contributed by atoms with E-state index >= 15 is 0 Å². The molecule has 3 aromatic rings. The number of carbonyl (C=O) groups excluding carboxylic acids is 10. The Labute approximate surface area is 521 Å². The van der Waals surface area contributed by atoms with Gasteiger partial charge in [0.15, 0.2) is 11.9 Å². The Balaban J connectivity index is 1.19. The summed E-state index contributed by atoms with van der Waals surface area (Å²) in [4.78, 5) is 165. The first-order valence-corrected chi connectivity index (χ1v) is 30.4. The van der Waals surface area contributed by atoms with Crippen molar-refractivity contribution in [3.63, 3.8) is 0 Å². The average Bonchev–Trinajstić information content (AvgIpc) is 2.04. The number of guanidine groups is 2. The van der Waals surface area contributed by atoms with Crippen LogP contribution in [0.15, 0.2) is 101 Å². The molecule has 90 heavy (non-hydrogen) atoms. The quantitative estimate of drug-likeness (QED) is 0.0277. The molecule has 486 valence electrons. The molecule has 10 amide bonds. The molecule has 3 heterocycles. The normalized spacial score (nSPS) is 21.3. The fourth-order valence-corrected chi connectivity index (χ4v) is 10.9. The van der Waals surface area contributed by atoms with E-state index in [9.17, 15) is 57.8 Å². The molecule has 3 fully saturated rings. The highest BCUT2D eigenvalue weighted by atomic mass is 16.4. The minimum absolute atomic E-state index is 0.0284. The number of aliphatic imine (C=N–C) groups is 2. The van der Waals surface area contributed by atoms with Gasteiger partial charge in [-0.1, -0.05) is 104 Å². The number of nitrogens with two attached hydrogens (primary N) is 5. The number of benzene rings is 3. The van der Waals surface area contributed by atoms with E-state index in [-0.39, 0.29) is 101 Å². The maximum Gasteiger partial charge on any atom is 0.326 e. The Hall–Kier alpha value is -9.67. The zero-order chi connectivity index (χ0) is 65.1. The van der Waals surface area contributed by atoms with Crippen LogP contribution >= 0.6 is 0 Å². The Bertz CT molecular complexity index is 3020. The molecule has 0 aliphatic carbocycles. The molecule has 0 radical (unpaired) electrons. The number of likely N-dealkylation sites (tertiary alicyclic amines) is 2. The van der Waals surface area contributed by atoms with Crippen LogP contribution in [0, 0.1) is 0 Å². The molecule has 0 bridgehead atoms. The molecule has 3 aromatic carbocycles. The first-order chi connectivity index (χ1) is 43.2. The summed E-state index contributed by atoms with van der Waals surface area (Å²) in [5, 5.41) is 31.5. The smallest absolute Gasteiger partial charge is 0.326 e. The Morgan fingerprint density at radius 1 is 0.611 bits per heavy atom. The lowest BCUT2D eigenvalue weighted by Crippen LogP contribution is -2.57. The van der Waals surface area contributed by atoms with Crippen LogP contribution in [0.4, 0.5) is 0 Å². The van der Waals surface area contributed by atoms with Crippen LogP contribution in [0.1, 0.15) is 119 Å². The SMILES string of the molecule is NC(N)=NCCC[C@H](NC(=O)[C@@H]1CCCCCNC(=O)CCC(NC(=O)[C@H](Cc2ccccc2)NC(=O)CNC(=O)[C@@H]2CCCN2C(=O)[C@@H]2CCCN2C(=O)[C@@H](N)CCCN=C(N)N)C(=O)NC(c2ccccc2)C(=O)N[C@@H](c2ccccc2)C(=O)N1)C(=O)O. The molecule has 3 aliphatic rings. The summed E-state index contributed by atoms with van der Waals surface area (Å²) in [6, 6.07) is 13.3. The maximum atomic E-state index is 14.8. The van der Waals surface area contributed by atoms with Crippen molar-refractivity contribution in [3.05, 3.63) is 108 Å². The van der Waals surface area contributed by atoms with Gasteiger partial charge in [-0.2, -0.15) is 0 Å². The summed E-state index contributed by atoms with van der Waals surface area (Å²) in [6.45, 7) is 0.451. The number of carbonyl (C=O) groups is 11. The highest BCUT2D eigenvalue weighted by molar-refractivity contribution is 5.99. The van der Waals surface area contributed by atoms with Crippen molar-refractivity contribution in [3.8, 4) is 0 Å². The molecular formula is C61H85N17O12. The van der Waals surface area contributed by atoms with Crippen molar-refractivity contribution in [1.29, 1.82) is 0 Å². The van der Waals surface area contributed by atoms with Gasteiger partial charge in [0.25, 0.3) is 0 Å². The van der Waals surface area contributed by atoms with E-state index in [1.54, 1.807) is 91.0 Å².